The maximum atomic E-state index is 12.7. The number of aliphatic hydroxyl groups is 1. The first kappa shape index (κ1) is 20.1. The van der Waals surface area contributed by atoms with Crippen LogP contribution < -0.4 is 10.1 Å². The molecule has 4 aromatic rings. The summed E-state index contributed by atoms with van der Waals surface area (Å²) >= 11 is 0. The van der Waals surface area contributed by atoms with Crippen molar-refractivity contribution < 1.29 is 29.0 Å². The van der Waals surface area contributed by atoms with Crippen LogP contribution in [0.5, 0.6) is 11.5 Å². The lowest BCUT2D eigenvalue weighted by molar-refractivity contribution is 0.0447. The van der Waals surface area contributed by atoms with E-state index >= 15 is 0 Å². The molecule has 1 saturated carbocycles. The summed E-state index contributed by atoms with van der Waals surface area (Å²) in [5.74, 6) is 0.0808. The van der Waals surface area contributed by atoms with Gasteiger partial charge in [-0.15, -0.1) is 0 Å². The zero-order valence-electron chi connectivity index (χ0n) is 17.5. The number of aromatic nitrogens is 2. The molecule has 1 aromatic carbocycles. The third kappa shape index (κ3) is 3.18. The number of benzene rings is 1. The first-order valence-electron chi connectivity index (χ1n) is 10.2. The summed E-state index contributed by atoms with van der Waals surface area (Å²) in [6, 6.07) is 6.59. The lowest BCUT2D eigenvalue weighted by Gasteiger charge is -2.32. The normalized spacial score (nSPS) is 18.0. The summed E-state index contributed by atoms with van der Waals surface area (Å²) < 4.78 is 13.3. The number of furan rings is 1. The van der Waals surface area contributed by atoms with Crippen LogP contribution in [0.2, 0.25) is 0 Å². The quantitative estimate of drug-likeness (QED) is 0.438. The fourth-order valence-corrected chi connectivity index (χ4v) is 4.08. The van der Waals surface area contributed by atoms with Crippen LogP contribution in [0.25, 0.3) is 16.5 Å². The van der Waals surface area contributed by atoms with Gasteiger partial charge in [0.15, 0.2) is 5.75 Å². The van der Waals surface area contributed by atoms with Crippen LogP contribution in [0.4, 0.5) is 0 Å². The van der Waals surface area contributed by atoms with Gasteiger partial charge in [-0.05, 0) is 44.4 Å². The second kappa shape index (κ2) is 7.38. The minimum absolute atomic E-state index is 0.151. The predicted octanol–water partition coefficient (Wildman–Crippen LogP) is 3.44. The lowest BCUT2D eigenvalue weighted by atomic mass is 9.89. The van der Waals surface area contributed by atoms with Crippen molar-refractivity contribution in [2.75, 3.05) is 0 Å². The Morgan fingerprint density at radius 2 is 2.06 bits per heavy atom. The topological polar surface area (TPSA) is 126 Å². The Labute approximate surface area is 182 Å². The van der Waals surface area contributed by atoms with Crippen molar-refractivity contribution in [3.8, 4) is 11.5 Å². The Kier molecular flexibility index (Phi) is 4.63. The van der Waals surface area contributed by atoms with E-state index in [4.69, 9.17) is 9.15 Å². The molecule has 0 radical (unpaired) electrons. The van der Waals surface area contributed by atoms with Crippen LogP contribution in [-0.2, 0) is 0 Å². The SMILES string of the molecule is Cc1oc2cc(Oc3ccnn4cc(C(=O)O)c(C)c34)ccc2c1C(=O)N[C@H]1CC[C@@H]1O. The van der Waals surface area contributed by atoms with E-state index in [1.807, 2.05) is 0 Å². The molecule has 1 aliphatic carbocycles. The van der Waals surface area contributed by atoms with Gasteiger partial charge in [0.05, 0.1) is 29.5 Å². The molecule has 9 nitrogen and oxygen atoms in total. The standard InChI is InChI=1S/C23H21N3O6/c1-11-15(23(29)30)10-26-21(11)18(7-8-24-26)32-13-3-4-14-19(9-13)31-12(2)20(14)22(28)25-16-5-6-17(16)27/h3-4,7-10,16-17,27H,5-6H2,1-2H3,(H,25,28)(H,29,30)/t16-,17-/m0/s1. The maximum absolute atomic E-state index is 12.7. The van der Waals surface area contributed by atoms with Gasteiger partial charge in [-0.2, -0.15) is 5.10 Å². The molecular weight excluding hydrogens is 414 g/mol. The van der Waals surface area contributed by atoms with Gasteiger partial charge in [-0.3, -0.25) is 4.79 Å². The lowest BCUT2D eigenvalue weighted by Crippen LogP contribution is -2.50. The minimum atomic E-state index is -1.04. The summed E-state index contributed by atoms with van der Waals surface area (Å²) in [6.45, 7) is 3.42. The number of aliphatic hydroxyl groups excluding tert-OH is 1. The Morgan fingerprint density at radius 3 is 2.75 bits per heavy atom. The molecule has 0 bridgehead atoms. The highest BCUT2D eigenvalue weighted by Gasteiger charge is 2.31. The first-order chi connectivity index (χ1) is 15.3. The molecule has 0 aliphatic heterocycles. The van der Waals surface area contributed by atoms with Crippen molar-refractivity contribution in [1.82, 2.24) is 14.9 Å². The monoisotopic (exact) mass is 435 g/mol. The van der Waals surface area contributed by atoms with Crippen molar-refractivity contribution >= 4 is 28.4 Å². The van der Waals surface area contributed by atoms with E-state index < -0.39 is 12.1 Å². The van der Waals surface area contributed by atoms with Gasteiger partial charge in [0, 0.05) is 23.7 Å². The number of fused-ring (bicyclic) bond motifs is 2. The van der Waals surface area contributed by atoms with E-state index in [1.54, 1.807) is 38.1 Å². The molecule has 32 heavy (non-hydrogen) atoms. The highest BCUT2D eigenvalue weighted by molar-refractivity contribution is 6.07. The molecule has 3 aromatic heterocycles. The number of hydrogen-bond acceptors (Lipinski definition) is 6. The number of carbonyl (C=O) groups is 2. The Bertz CT molecular complexity index is 1390. The highest BCUT2D eigenvalue weighted by Crippen LogP contribution is 2.34. The van der Waals surface area contributed by atoms with Crippen molar-refractivity contribution in [3.63, 3.8) is 0 Å². The van der Waals surface area contributed by atoms with Crippen LogP contribution in [0.15, 0.2) is 41.1 Å². The van der Waals surface area contributed by atoms with Gasteiger partial charge < -0.3 is 24.7 Å². The first-order valence-corrected chi connectivity index (χ1v) is 10.2. The van der Waals surface area contributed by atoms with Crippen LogP contribution in [0.1, 0.15) is 44.9 Å². The minimum Gasteiger partial charge on any atom is -0.478 e. The van der Waals surface area contributed by atoms with Gasteiger partial charge in [0.25, 0.3) is 5.91 Å². The number of hydrogen-bond donors (Lipinski definition) is 3. The van der Waals surface area contributed by atoms with Crippen LogP contribution in [0, 0.1) is 13.8 Å². The number of rotatable bonds is 5. The largest absolute Gasteiger partial charge is 0.478 e. The molecule has 1 amide bonds. The fourth-order valence-electron chi connectivity index (χ4n) is 4.08. The average Bonchev–Trinajstić information content (AvgIpc) is 3.27. The summed E-state index contributed by atoms with van der Waals surface area (Å²) in [7, 11) is 0. The smallest absolute Gasteiger partial charge is 0.337 e. The predicted molar refractivity (Wildman–Crippen MR) is 114 cm³/mol. The molecular formula is C23H21N3O6. The Balaban J connectivity index is 1.48. The van der Waals surface area contributed by atoms with Gasteiger partial charge in [0.2, 0.25) is 0 Å². The number of carbonyl (C=O) groups excluding carboxylic acids is 1. The number of amides is 1. The van der Waals surface area contributed by atoms with Gasteiger partial charge in [0.1, 0.15) is 22.6 Å². The van der Waals surface area contributed by atoms with Crippen molar-refractivity contribution in [3.05, 3.63) is 59.1 Å². The van der Waals surface area contributed by atoms with Crippen molar-refractivity contribution in [1.29, 1.82) is 0 Å². The highest BCUT2D eigenvalue weighted by atomic mass is 16.5. The summed E-state index contributed by atoms with van der Waals surface area (Å²) in [5, 5.41) is 26.8. The molecule has 164 valence electrons. The van der Waals surface area contributed by atoms with E-state index in [1.165, 1.54) is 16.9 Å². The van der Waals surface area contributed by atoms with Crippen LogP contribution >= 0.6 is 0 Å². The Hall–Kier alpha value is -3.85. The summed E-state index contributed by atoms with van der Waals surface area (Å²) in [6.07, 6.45) is 3.91. The third-order valence-corrected chi connectivity index (χ3v) is 5.97. The zero-order chi connectivity index (χ0) is 22.6. The second-order valence-electron chi connectivity index (χ2n) is 7.98. The van der Waals surface area contributed by atoms with Gasteiger partial charge >= 0.3 is 5.97 Å². The number of carboxylic acids is 1. The Morgan fingerprint density at radius 1 is 1.25 bits per heavy atom. The maximum Gasteiger partial charge on any atom is 0.337 e. The number of aryl methyl sites for hydroxylation is 2. The molecule has 3 N–H and O–H groups in total. The van der Waals surface area contributed by atoms with Crippen LogP contribution in [0.3, 0.4) is 0 Å². The van der Waals surface area contributed by atoms with Crippen LogP contribution in [-0.4, -0.2) is 43.8 Å². The van der Waals surface area contributed by atoms with E-state index in [0.29, 0.717) is 51.3 Å². The molecule has 3 heterocycles. The van der Waals surface area contributed by atoms with Gasteiger partial charge in [-0.25, -0.2) is 9.31 Å². The second-order valence-corrected chi connectivity index (χ2v) is 7.98. The van der Waals surface area contributed by atoms with E-state index in [0.717, 1.165) is 6.42 Å². The molecule has 9 heteroatoms. The van der Waals surface area contributed by atoms with Crippen molar-refractivity contribution in [2.45, 2.75) is 38.8 Å². The zero-order valence-corrected chi connectivity index (χ0v) is 17.5. The fraction of sp³-hybridized carbons (Fsp3) is 0.261. The number of ether oxygens (including phenoxy) is 1. The molecule has 1 aliphatic rings. The molecule has 0 saturated heterocycles. The molecule has 5 rings (SSSR count). The molecule has 0 spiro atoms. The summed E-state index contributed by atoms with van der Waals surface area (Å²) in [4.78, 5) is 24.2. The number of aromatic carboxylic acids is 1. The van der Waals surface area contributed by atoms with E-state index in [2.05, 4.69) is 10.4 Å². The van der Waals surface area contributed by atoms with Gasteiger partial charge in [-0.1, -0.05) is 0 Å². The number of carboxylic acid groups (broad SMARTS) is 1. The third-order valence-electron chi connectivity index (χ3n) is 5.97. The van der Waals surface area contributed by atoms with Crippen molar-refractivity contribution in [2.24, 2.45) is 0 Å². The average molecular weight is 435 g/mol. The molecule has 0 unspecified atom stereocenters. The number of nitrogens with zero attached hydrogens (tertiary/aromatic N) is 2. The molecule has 1 fully saturated rings. The van der Waals surface area contributed by atoms with E-state index in [9.17, 15) is 19.8 Å². The molecule has 2 atom stereocenters. The summed E-state index contributed by atoms with van der Waals surface area (Å²) in [5.41, 5.74) is 2.18. The number of nitrogens with one attached hydrogen (secondary N) is 1. The van der Waals surface area contributed by atoms with E-state index in [-0.39, 0.29) is 17.5 Å².